The molecule has 1 aromatic carbocycles. The lowest BCUT2D eigenvalue weighted by atomic mass is 10.3. The molecule has 5 nitrogen and oxygen atoms in total. The summed E-state index contributed by atoms with van der Waals surface area (Å²) in [5.41, 5.74) is 5.81. The Kier molecular flexibility index (Phi) is 3.78. The Hall–Kier alpha value is -2.08. The van der Waals surface area contributed by atoms with Gasteiger partial charge in [0.05, 0.1) is 0 Å². The third-order valence-corrected chi connectivity index (χ3v) is 2.63. The number of aromatic nitrogens is 1. The minimum absolute atomic E-state index is 0.0605. The van der Waals surface area contributed by atoms with E-state index < -0.39 is 0 Å². The van der Waals surface area contributed by atoms with Crippen molar-refractivity contribution in [3.05, 3.63) is 52.8 Å². The molecule has 0 aliphatic rings. The van der Waals surface area contributed by atoms with E-state index in [2.05, 4.69) is 26.1 Å². The molecule has 0 atom stereocenters. The molecule has 0 saturated carbocycles. The quantitative estimate of drug-likeness (QED) is 0.395. The number of halogens is 1. The molecule has 0 spiro atoms. The minimum atomic E-state index is -0.0605. The van der Waals surface area contributed by atoms with Crippen LogP contribution >= 0.6 is 15.9 Å². The lowest BCUT2D eigenvalue weighted by Crippen LogP contribution is -2.14. The zero-order valence-electron chi connectivity index (χ0n) is 9.25. The van der Waals surface area contributed by atoms with Crippen molar-refractivity contribution < 1.29 is 9.94 Å². The van der Waals surface area contributed by atoms with E-state index >= 15 is 0 Å². The third kappa shape index (κ3) is 2.98. The van der Waals surface area contributed by atoms with Crippen molar-refractivity contribution in [2.24, 2.45) is 10.9 Å². The first kappa shape index (κ1) is 12.4. The molecule has 1 heterocycles. The number of ether oxygens (including phenoxy) is 1. The number of pyridine rings is 1. The second-order valence-corrected chi connectivity index (χ2v) is 4.34. The molecular formula is C12H10BrN3O2. The summed E-state index contributed by atoms with van der Waals surface area (Å²) in [4.78, 5) is 3.96. The number of nitrogens with zero attached hydrogens (tertiary/aromatic N) is 2. The standard InChI is InChI=1S/C12H10BrN3O2/c13-8-2-1-3-9(6-8)18-10-4-5-15-11(7-10)12(14)16-17/h1-7,17H,(H2,14,16). The summed E-state index contributed by atoms with van der Waals surface area (Å²) in [6.07, 6.45) is 1.53. The summed E-state index contributed by atoms with van der Waals surface area (Å²) in [6.45, 7) is 0. The Labute approximate surface area is 112 Å². The average molecular weight is 308 g/mol. The number of rotatable bonds is 3. The molecule has 0 fully saturated rings. The molecule has 1 aromatic heterocycles. The summed E-state index contributed by atoms with van der Waals surface area (Å²) in [6, 6.07) is 10.7. The first-order chi connectivity index (χ1) is 8.69. The summed E-state index contributed by atoms with van der Waals surface area (Å²) in [7, 11) is 0. The minimum Gasteiger partial charge on any atom is -0.457 e. The summed E-state index contributed by atoms with van der Waals surface area (Å²) in [5.74, 6) is 1.18. The molecule has 3 N–H and O–H groups in total. The predicted octanol–water partition coefficient (Wildman–Crippen LogP) is 2.73. The first-order valence-corrected chi connectivity index (χ1v) is 5.86. The van der Waals surface area contributed by atoms with Crippen LogP contribution in [0.15, 0.2) is 52.2 Å². The fourth-order valence-corrected chi connectivity index (χ4v) is 1.71. The number of oxime groups is 1. The van der Waals surface area contributed by atoms with E-state index in [0.29, 0.717) is 17.2 Å². The van der Waals surface area contributed by atoms with Crippen LogP contribution in [0.1, 0.15) is 5.69 Å². The predicted molar refractivity (Wildman–Crippen MR) is 71.0 cm³/mol. The zero-order chi connectivity index (χ0) is 13.0. The second kappa shape index (κ2) is 5.50. The molecule has 92 valence electrons. The molecule has 2 rings (SSSR count). The van der Waals surface area contributed by atoms with Crippen molar-refractivity contribution in [1.29, 1.82) is 0 Å². The van der Waals surface area contributed by atoms with Gasteiger partial charge in [-0.15, -0.1) is 0 Å². The van der Waals surface area contributed by atoms with E-state index in [1.54, 1.807) is 12.1 Å². The molecule has 0 radical (unpaired) electrons. The summed E-state index contributed by atoms with van der Waals surface area (Å²) in [5, 5.41) is 11.5. The van der Waals surface area contributed by atoms with Gasteiger partial charge >= 0.3 is 0 Å². The fraction of sp³-hybridized carbons (Fsp3) is 0. The van der Waals surface area contributed by atoms with Gasteiger partial charge in [-0.25, -0.2) is 0 Å². The first-order valence-electron chi connectivity index (χ1n) is 5.06. The van der Waals surface area contributed by atoms with Crippen LogP contribution in [0.3, 0.4) is 0 Å². The highest BCUT2D eigenvalue weighted by atomic mass is 79.9. The van der Waals surface area contributed by atoms with Gasteiger partial charge in [0.15, 0.2) is 5.84 Å². The average Bonchev–Trinajstić information content (AvgIpc) is 2.38. The molecule has 0 amide bonds. The second-order valence-electron chi connectivity index (χ2n) is 3.42. The summed E-state index contributed by atoms with van der Waals surface area (Å²) < 4.78 is 6.55. The largest absolute Gasteiger partial charge is 0.457 e. The van der Waals surface area contributed by atoms with Crippen LogP contribution in [0.2, 0.25) is 0 Å². The highest BCUT2D eigenvalue weighted by Gasteiger charge is 2.04. The number of benzene rings is 1. The van der Waals surface area contributed by atoms with Crippen molar-refractivity contribution >= 4 is 21.8 Å². The van der Waals surface area contributed by atoms with Gasteiger partial charge in [-0.2, -0.15) is 0 Å². The lowest BCUT2D eigenvalue weighted by molar-refractivity contribution is 0.318. The highest BCUT2D eigenvalue weighted by Crippen LogP contribution is 2.24. The normalized spacial score (nSPS) is 11.3. The molecule has 0 aliphatic heterocycles. The molecule has 0 bridgehead atoms. The number of nitrogens with two attached hydrogens (primary N) is 1. The topological polar surface area (TPSA) is 80.7 Å². The Morgan fingerprint density at radius 1 is 1.28 bits per heavy atom. The molecule has 0 unspecified atom stereocenters. The van der Waals surface area contributed by atoms with E-state index in [1.807, 2.05) is 24.3 Å². The monoisotopic (exact) mass is 307 g/mol. The summed E-state index contributed by atoms with van der Waals surface area (Å²) >= 11 is 3.36. The molecule has 0 aliphatic carbocycles. The maximum absolute atomic E-state index is 8.58. The Balaban J connectivity index is 2.24. The number of hydrogen-bond acceptors (Lipinski definition) is 4. The van der Waals surface area contributed by atoms with Crippen LogP contribution in [0.25, 0.3) is 0 Å². The van der Waals surface area contributed by atoms with Gasteiger partial charge in [-0.05, 0) is 24.3 Å². The molecule has 0 saturated heterocycles. The van der Waals surface area contributed by atoms with Crippen molar-refractivity contribution in [2.45, 2.75) is 0 Å². The zero-order valence-corrected chi connectivity index (χ0v) is 10.8. The van der Waals surface area contributed by atoms with E-state index in [4.69, 9.17) is 15.7 Å². The van der Waals surface area contributed by atoms with Gasteiger partial charge < -0.3 is 15.7 Å². The van der Waals surface area contributed by atoms with Gasteiger partial charge in [-0.3, -0.25) is 4.98 Å². The van der Waals surface area contributed by atoms with E-state index in [9.17, 15) is 0 Å². The van der Waals surface area contributed by atoms with Crippen molar-refractivity contribution in [3.8, 4) is 11.5 Å². The molecule has 18 heavy (non-hydrogen) atoms. The Bertz CT molecular complexity index is 587. The molecular weight excluding hydrogens is 298 g/mol. The van der Waals surface area contributed by atoms with Crippen LogP contribution < -0.4 is 10.5 Å². The SMILES string of the molecule is NC(=NO)c1cc(Oc2cccc(Br)c2)ccn1. The van der Waals surface area contributed by atoms with Crippen LogP contribution in [-0.4, -0.2) is 16.0 Å². The van der Waals surface area contributed by atoms with Crippen molar-refractivity contribution in [2.75, 3.05) is 0 Å². The maximum atomic E-state index is 8.58. The fourth-order valence-electron chi connectivity index (χ4n) is 1.33. The van der Waals surface area contributed by atoms with Gasteiger partial charge in [0.25, 0.3) is 0 Å². The van der Waals surface area contributed by atoms with E-state index in [1.165, 1.54) is 6.20 Å². The van der Waals surface area contributed by atoms with Crippen LogP contribution in [0.5, 0.6) is 11.5 Å². The Morgan fingerprint density at radius 2 is 2.06 bits per heavy atom. The number of amidine groups is 1. The van der Waals surface area contributed by atoms with E-state index in [-0.39, 0.29) is 5.84 Å². The van der Waals surface area contributed by atoms with Crippen molar-refractivity contribution in [3.63, 3.8) is 0 Å². The van der Waals surface area contributed by atoms with E-state index in [0.717, 1.165) is 4.47 Å². The van der Waals surface area contributed by atoms with Gasteiger partial charge in [0.1, 0.15) is 17.2 Å². The number of hydrogen-bond donors (Lipinski definition) is 2. The highest BCUT2D eigenvalue weighted by molar-refractivity contribution is 9.10. The van der Waals surface area contributed by atoms with Crippen LogP contribution in [0, 0.1) is 0 Å². The van der Waals surface area contributed by atoms with Gasteiger partial charge in [0, 0.05) is 16.7 Å². The molecule has 6 heteroatoms. The maximum Gasteiger partial charge on any atom is 0.188 e. The molecule has 2 aromatic rings. The Morgan fingerprint density at radius 3 is 2.78 bits per heavy atom. The van der Waals surface area contributed by atoms with Gasteiger partial charge in [0.2, 0.25) is 0 Å². The van der Waals surface area contributed by atoms with Crippen LogP contribution in [0.4, 0.5) is 0 Å². The lowest BCUT2D eigenvalue weighted by Gasteiger charge is -2.06. The third-order valence-electron chi connectivity index (χ3n) is 2.13. The smallest absolute Gasteiger partial charge is 0.188 e. The van der Waals surface area contributed by atoms with Gasteiger partial charge in [-0.1, -0.05) is 27.2 Å². The van der Waals surface area contributed by atoms with Crippen LogP contribution in [-0.2, 0) is 0 Å². The van der Waals surface area contributed by atoms with Crippen molar-refractivity contribution in [1.82, 2.24) is 4.98 Å².